The van der Waals surface area contributed by atoms with Crippen LogP contribution in [0.3, 0.4) is 0 Å². The Morgan fingerprint density at radius 2 is 0.713 bits per heavy atom. The SMILES string of the molecule is CN(C)C(=O)c1c(Br)ccc(N)c1O.CN(C)C(=O)c1cccc([N+](=O)[O-])c1O.COc1c(C(=O)N(C)C)cccc1[N+](=O)[O-].COc1c(N)ccc(Br)c1C(=O)N(C)C.COc1c(N)cccc1C(=O)N(C)C.O=C(O)c1cccc([N+](=O)[O-])c1O. The van der Waals surface area contributed by atoms with Gasteiger partial charge in [0.2, 0.25) is 17.2 Å². The molecule has 0 saturated carbocycles. The summed E-state index contributed by atoms with van der Waals surface area (Å²) in [5.41, 5.74) is 17.5. The number of benzene rings is 6. The highest BCUT2D eigenvalue weighted by Crippen LogP contribution is 2.36. The van der Waals surface area contributed by atoms with Gasteiger partial charge in [-0.15, -0.1) is 0 Å². The van der Waals surface area contributed by atoms with Crippen LogP contribution < -0.4 is 31.4 Å². The summed E-state index contributed by atoms with van der Waals surface area (Å²) in [6, 6.07) is 23.1. The average molecular weight is 1340 g/mol. The second kappa shape index (κ2) is 34.3. The maximum atomic E-state index is 11.9. The predicted molar refractivity (Wildman–Crippen MR) is 329 cm³/mol. The third-order valence-corrected chi connectivity index (χ3v) is 12.3. The quantitative estimate of drug-likeness (QED) is 0.0270. The number of para-hydroxylation sites is 4. The van der Waals surface area contributed by atoms with Crippen LogP contribution in [0.1, 0.15) is 62.1 Å². The minimum absolute atomic E-state index is 0.00815. The number of hydrogen-bond acceptors (Lipinski definition) is 21. The van der Waals surface area contributed by atoms with Gasteiger partial charge in [0.1, 0.15) is 5.56 Å². The Hall–Kier alpha value is -10.5. The Balaban J connectivity index is 0.000000523. The number of ether oxygens (including phenoxy) is 3. The molecule has 0 atom stereocenters. The monoisotopic (exact) mass is 1340 g/mol. The van der Waals surface area contributed by atoms with Crippen molar-refractivity contribution in [2.75, 3.05) is 109 Å². The van der Waals surface area contributed by atoms with Crippen molar-refractivity contribution in [2.24, 2.45) is 0 Å². The lowest BCUT2D eigenvalue weighted by Gasteiger charge is -2.16. The van der Waals surface area contributed by atoms with Crippen molar-refractivity contribution in [1.29, 1.82) is 0 Å². The standard InChI is InChI=1S/C10H13BrN2O2.C10H12N2O4.C10H14N2O2.C9H11BrN2O2.C9H10N2O4.C7H5NO5/c1-13(2)10(14)8-6(11)4-5-7(12)9(8)15-3;1-11(2)10(13)7-5-4-6-8(12(14)15)9(7)16-3;1-12(2)10(13)7-5-4-6-8(11)9(7)14-3;1-12(2)9(14)7-5(10)3-4-6(11)8(7)13;1-10(2)9(13)6-4-3-5-7(8(6)12)11(14)15;9-6-4(7(10)11)2-1-3-5(6)8(12)13/h4-5H,12H2,1-3H3;4-6H,1-3H3;4-6H,11H2,1-3H3;3-4,13H,11H2,1-2H3;3-5,12H,1-2H3;1-3,9H,(H,10,11). The molecule has 0 radical (unpaired) electrons. The second-order valence-corrected chi connectivity index (χ2v) is 19.8. The van der Waals surface area contributed by atoms with Crippen molar-refractivity contribution in [3.63, 3.8) is 0 Å². The predicted octanol–water partition coefficient (Wildman–Crippen LogP) is 7.47. The van der Waals surface area contributed by atoms with E-state index in [9.17, 15) is 69.3 Å². The molecule has 468 valence electrons. The summed E-state index contributed by atoms with van der Waals surface area (Å²) < 4.78 is 16.3. The van der Waals surface area contributed by atoms with Crippen molar-refractivity contribution in [3.05, 3.63) is 170 Å². The minimum Gasteiger partial charge on any atom is -0.505 e. The van der Waals surface area contributed by atoms with Crippen molar-refractivity contribution < 1.29 is 78.2 Å². The highest BCUT2D eigenvalue weighted by atomic mass is 79.9. The van der Waals surface area contributed by atoms with E-state index in [1.165, 1.54) is 102 Å². The fourth-order valence-corrected chi connectivity index (χ4v) is 7.63. The molecule has 32 heteroatoms. The summed E-state index contributed by atoms with van der Waals surface area (Å²) in [5.74, 6) is -3.53. The van der Waals surface area contributed by atoms with Crippen molar-refractivity contribution in [2.45, 2.75) is 0 Å². The van der Waals surface area contributed by atoms with Gasteiger partial charge in [-0.05, 0) is 86.5 Å². The summed E-state index contributed by atoms with van der Waals surface area (Å²) in [5, 5.41) is 68.1. The van der Waals surface area contributed by atoms with Crippen molar-refractivity contribution in [1.82, 2.24) is 24.5 Å². The van der Waals surface area contributed by atoms with Gasteiger partial charge in [0.05, 0.1) is 81.0 Å². The lowest BCUT2D eigenvalue weighted by atomic mass is 10.1. The van der Waals surface area contributed by atoms with Gasteiger partial charge in [-0.2, -0.15) is 0 Å². The van der Waals surface area contributed by atoms with Crippen LogP contribution in [0.5, 0.6) is 34.5 Å². The van der Waals surface area contributed by atoms with E-state index in [2.05, 4.69) is 31.9 Å². The zero-order valence-electron chi connectivity index (χ0n) is 49.2. The molecule has 0 spiro atoms. The minimum atomic E-state index is -1.40. The molecule has 0 aliphatic rings. The third-order valence-electron chi connectivity index (χ3n) is 10.9. The first-order valence-electron chi connectivity index (χ1n) is 24.4. The van der Waals surface area contributed by atoms with E-state index in [0.717, 1.165) is 18.2 Å². The number of rotatable bonds is 12. The van der Waals surface area contributed by atoms with E-state index in [1.807, 2.05) is 0 Å². The lowest BCUT2D eigenvalue weighted by molar-refractivity contribution is -0.386. The maximum absolute atomic E-state index is 11.9. The van der Waals surface area contributed by atoms with E-state index in [1.54, 1.807) is 92.8 Å². The fraction of sp³-hybridized carbons (Fsp3) is 0.236. The van der Waals surface area contributed by atoms with Gasteiger partial charge < -0.3 is 76.3 Å². The lowest BCUT2D eigenvalue weighted by Crippen LogP contribution is -2.23. The second-order valence-electron chi connectivity index (χ2n) is 18.1. The zero-order chi connectivity index (χ0) is 67.1. The van der Waals surface area contributed by atoms with Crippen LogP contribution in [0.2, 0.25) is 0 Å². The molecule has 0 aliphatic heterocycles. The fourth-order valence-electron chi connectivity index (χ4n) is 6.66. The number of nitrogens with zero attached hydrogens (tertiary/aromatic N) is 8. The smallest absolute Gasteiger partial charge is 0.339 e. The Morgan fingerprint density at radius 3 is 1.10 bits per heavy atom. The average Bonchev–Trinajstić information content (AvgIpc) is 3.04. The van der Waals surface area contributed by atoms with Gasteiger partial charge in [0.15, 0.2) is 17.2 Å². The number of nitro groups is 3. The number of aromatic hydroxyl groups is 3. The summed E-state index contributed by atoms with van der Waals surface area (Å²) in [6.45, 7) is 0. The van der Waals surface area contributed by atoms with Crippen LogP contribution in [-0.2, 0) is 0 Å². The molecule has 0 aromatic heterocycles. The van der Waals surface area contributed by atoms with E-state index >= 15 is 0 Å². The molecule has 0 aliphatic carbocycles. The first kappa shape index (κ1) is 74.5. The number of carbonyl (C=O) groups is 6. The number of phenols is 3. The normalized spacial score (nSPS) is 9.74. The van der Waals surface area contributed by atoms with Crippen molar-refractivity contribution >= 4 is 101 Å². The van der Waals surface area contributed by atoms with Crippen LogP contribution in [0.25, 0.3) is 0 Å². The summed E-state index contributed by atoms with van der Waals surface area (Å²) >= 11 is 6.50. The van der Waals surface area contributed by atoms with Gasteiger partial charge in [-0.25, -0.2) is 4.79 Å². The first-order chi connectivity index (χ1) is 40.5. The molecule has 87 heavy (non-hydrogen) atoms. The van der Waals surface area contributed by atoms with Crippen LogP contribution in [0.4, 0.5) is 34.1 Å². The molecule has 0 unspecified atom stereocenters. The van der Waals surface area contributed by atoms with Crippen molar-refractivity contribution in [3.8, 4) is 34.5 Å². The molecular formula is C55H65Br2N11O19. The number of carboxylic acid groups (broad SMARTS) is 1. The van der Waals surface area contributed by atoms with Gasteiger partial charge in [-0.3, -0.25) is 54.3 Å². The summed E-state index contributed by atoms with van der Waals surface area (Å²) in [6.07, 6.45) is 0. The maximum Gasteiger partial charge on any atom is 0.339 e. The molecular weight excluding hydrogens is 1280 g/mol. The molecule has 0 fully saturated rings. The number of anilines is 3. The molecule has 0 bridgehead atoms. The van der Waals surface area contributed by atoms with E-state index in [-0.39, 0.29) is 63.2 Å². The number of aromatic carboxylic acids is 1. The molecule has 30 nitrogen and oxygen atoms in total. The molecule has 5 amide bonds. The number of nitrogen functional groups attached to an aromatic ring is 3. The highest BCUT2D eigenvalue weighted by molar-refractivity contribution is 9.10. The molecule has 6 aromatic rings. The number of carbonyl (C=O) groups excluding carboxylic acids is 5. The van der Waals surface area contributed by atoms with Gasteiger partial charge in [0.25, 0.3) is 29.5 Å². The third kappa shape index (κ3) is 20.4. The number of methoxy groups -OCH3 is 3. The number of nitro benzene ring substituents is 3. The van der Waals surface area contributed by atoms with Crippen LogP contribution in [-0.4, -0.2) is 187 Å². The number of amides is 5. The largest absolute Gasteiger partial charge is 0.505 e. The van der Waals surface area contributed by atoms with E-state index < -0.39 is 55.1 Å². The summed E-state index contributed by atoms with van der Waals surface area (Å²) in [7, 11) is 20.4. The number of nitrogens with two attached hydrogens (primary N) is 3. The first-order valence-corrected chi connectivity index (χ1v) is 25.9. The molecule has 10 N–H and O–H groups in total. The van der Waals surface area contributed by atoms with Gasteiger partial charge in [0, 0.05) is 97.6 Å². The number of carboxylic acids is 1. The highest BCUT2D eigenvalue weighted by Gasteiger charge is 2.26. The molecule has 6 rings (SSSR count). The number of phenolic OH excluding ortho intramolecular Hbond substituents is 2. The molecule has 6 aromatic carbocycles. The molecule has 0 saturated heterocycles. The number of halogens is 2. The van der Waals surface area contributed by atoms with Gasteiger partial charge in [-0.1, -0.05) is 24.3 Å². The van der Waals surface area contributed by atoms with Crippen LogP contribution in [0.15, 0.2) is 106 Å². The van der Waals surface area contributed by atoms with E-state index in [0.29, 0.717) is 42.9 Å². The Labute approximate surface area is 515 Å². The van der Waals surface area contributed by atoms with Gasteiger partial charge >= 0.3 is 23.0 Å². The summed E-state index contributed by atoms with van der Waals surface area (Å²) in [4.78, 5) is 105. The number of hydrogen-bond donors (Lipinski definition) is 7. The van der Waals surface area contributed by atoms with E-state index in [4.69, 9.17) is 41.6 Å². The topological polar surface area (TPSA) is 435 Å². The Morgan fingerprint density at radius 1 is 0.402 bits per heavy atom. The van der Waals surface area contributed by atoms with Crippen LogP contribution >= 0.6 is 31.9 Å². The van der Waals surface area contributed by atoms with Crippen LogP contribution in [0, 0.1) is 30.3 Å². The zero-order valence-corrected chi connectivity index (χ0v) is 52.4. The molecule has 0 heterocycles. The Kier molecular flexibility index (Phi) is 29.4. The Bertz CT molecular complexity index is 3480.